The van der Waals surface area contributed by atoms with Crippen LogP contribution in [0.2, 0.25) is 0 Å². The van der Waals surface area contributed by atoms with Gasteiger partial charge in [-0.2, -0.15) is 13.2 Å². The van der Waals surface area contributed by atoms with E-state index in [1.807, 2.05) is 0 Å². The summed E-state index contributed by atoms with van der Waals surface area (Å²) in [6, 6.07) is 8.41. The van der Waals surface area contributed by atoms with Crippen molar-refractivity contribution in [3.63, 3.8) is 0 Å². The minimum atomic E-state index is -5.19. The number of hydrogen-bond acceptors (Lipinski definition) is 3. The molecule has 1 aromatic heterocycles. The molecule has 0 spiro atoms. The van der Waals surface area contributed by atoms with Gasteiger partial charge in [0.25, 0.3) is 0 Å². The van der Waals surface area contributed by atoms with Gasteiger partial charge < -0.3 is 11.1 Å². The molecule has 3 aromatic rings. The fraction of sp³-hybridized carbons (Fsp3) is 0.143. The Bertz CT molecular complexity index is 1100. The van der Waals surface area contributed by atoms with E-state index in [9.17, 15) is 31.1 Å². The number of anilines is 1. The lowest BCUT2D eigenvalue weighted by Gasteiger charge is -2.17. The van der Waals surface area contributed by atoms with Crippen molar-refractivity contribution in [2.75, 3.05) is 5.32 Å². The Morgan fingerprint density at radius 1 is 1.03 bits per heavy atom. The van der Waals surface area contributed by atoms with Crippen LogP contribution < -0.4 is 11.1 Å². The van der Waals surface area contributed by atoms with Crippen LogP contribution in [-0.4, -0.2) is 17.1 Å². The molecule has 1 atom stereocenters. The zero-order valence-corrected chi connectivity index (χ0v) is 15.7. The number of amides is 1. The summed E-state index contributed by atoms with van der Waals surface area (Å²) in [5.74, 6) is -4.93. The summed E-state index contributed by atoms with van der Waals surface area (Å²) in [5.41, 5.74) is 6.64. The van der Waals surface area contributed by atoms with Crippen molar-refractivity contribution in [1.82, 2.24) is 4.98 Å². The lowest BCUT2D eigenvalue weighted by atomic mass is 9.96. The van der Waals surface area contributed by atoms with Crippen LogP contribution in [0.1, 0.15) is 17.3 Å². The van der Waals surface area contributed by atoms with Gasteiger partial charge >= 0.3 is 12.1 Å². The average molecular weight is 439 g/mol. The van der Waals surface area contributed by atoms with E-state index in [0.717, 1.165) is 30.3 Å². The first-order valence-electron chi connectivity index (χ1n) is 8.88. The topological polar surface area (TPSA) is 68.0 Å². The molecule has 2 aromatic carbocycles. The lowest BCUT2D eigenvalue weighted by Crippen LogP contribution is -2.30. The maximum absolute atomic E-state index is 14.0. The van der Waals surface area contributed by atoms with Crippen molar-refractivity contribution < 1.29 is 31.1 Å². The molecular weight excluding hydrogens is 424 g/mol. The summed E-state index contributed by atoms with van der Waals surface area (Å²) in [6.45, 7) is 0. The molecular formula is C21H15F6N3O. The SMILES string of the molecule is NC(Cc1cc(F)cc(F)c1)c1ncccc1-c1ccc(F)c(NC(=O)C(F)(F)F)c1. The number of alkyl halides is 3. The summed E-state index contributed by atoms with van der Waals surface area (Å²) < 4.78 is 78.4. The normalized spacial score (nSPS) is 12.5. The van der Waals surface area contributed by atoms with E-state index in [-0.39, 0.29) is 23.2 Å². The summed E-state index contributed by atoms with van der Waals surface area (Å²) >= 11 is 0. The standard InChI is InChI=1S/C21H15F6N3O/c22-13-6-11(7-14(23)10-13)8-17(28)19-15(2-1-5-29-19)12-3-4-16(24)18(9-12)30-20(31)21(25,26)27/h1-7,9-10,17H,8,28H2,(H,30,31). The Morgan fingerprint density at radius 2 is 1.71 bits per heavy atom. The molecule has 1 unspecified atom stereocenters. The third-order valence-electron chi connectivity index (χ3n) is 4.35. The molecule has 1 heterocycles. The highest BCUT2D eigenvalue weighted by molar-refractivity contribution is 5.95. The highest BCUT2D eigenvalue weighted by Crippen LogP contribution is 2.31. The number of carbonyl (C=O) groups excluding carboxylic acids is 1. The summed E-state index contributed by atoms with van der Waals surface area (Å²) in [5, 5.41) is 1.49. The molecule has 4 nitrogen and oxygen atoms in total. The van der Waals surface area contributed by atoms with Crippen LogP contribution in [-0.2, 0) is 11.2 Å². The van der Waals surface area contributed by atoms with Crippen molar-refractivity contribution in [3.8, 4) is 11.1 Å². The number of hydrogen-bond donors (Lipinski definition) is 2. The maximum atomic E-state index is 14.0. The molecule has 0 radical (unpaired) electrons. The van der Waals surface area contributed by atoms with Gasteiger partial charge in [0.15, 0.2) is 0 Å². The van der Waals surface area contributed by atoms with Crippen molar-refractivity contribution in [3.05, 3.63) is 83.4 Å². The van der Waals surface area contributed by atoms with Crippen LogP contribution in [0.25, 0.3) is 11.1 Å². The Kier molecular flexibility index (Phi) is 6.30. The number of nitrogens with two attached hydrogens (primary N) is 1. The minimum Gasteiger partial charge on any atom is -0.322 e. The van der Waals surface area contributed by atoms with Gasteiger partial charge in [-0.05, 0) is 47.9 Å². The molecule has 0 fully saturated rings. The summed E-state index contributed by atoms with van der Waals surface area (Å²) in [7, 11) is 0. The molecule has 0 saturated carbocycles. The quantitative estimate of drug-likeness (QED) is 0.556. The molecule has 0 aliphatic carbocycles. The fourth-order valence-electron chi connectivity index (χ4n) is 3.02. The third-order valence-corrected chi connectivity index (χ3v) is 4.35. The second-order valence-corrected chi connectivity index (χ2v) is 6.67. The molecule has 0 bridgehead atoms. The van der Waals surface area contributed by atoms with Crippen LogP contribution in [0.5, 0.6) is 0 Å². The number of aromatic nitrogens is 1. The van der Waals surface area contributed by atoms with Gasteiger partial charge in [-0.3, -0.25) is 9.78 Å². The third kappa shape index (κ3) is 5.40. The first kappa shape index (κ1) is 22.3. The van der Waals surface area contributed by atoms with Gasteiger partial charge in [-0.1, -0.05) is 12.1 Å². The Labute approximate surface area is 172 Å². The highest BCUT2D eigenvalue weighted by atomic mass is 19.4. The molecule has 0 aliphatic rings. The smallest absolute Gasteiger partial charge is 0.322 e. The van der Waals surface area contributed by atoms with Gasteiger partial charge in [0.1, 0.15) is 17.5 Å². The molecule has 162 valence electrons. The molecule has 3 rings (SSSR count). The zero-order valence-electron chi connectivity index (χ0n) is 15.7. The van der Waals surface area contributed by atoms with Crippen LogP contribution in [0, 0.1) is 17.5 Å². The van der Waals surface area contributed by atoms with Crippen molar-refractivity contribution in [2.45, 2.75) is 18.6 Å². The van der Waals surface area contributed by atoms with Gasteiger partial charge in [-0.15, -0.1) is 0 Å². The number of carbonyl (C=O) groups is 1. The fourth-order valence-corrected chi connectivity index (χ4v) is 3.02. The predicted octanol–water partition coefficient (Wildman–Crippen LogP) is 4.91. The van der Waals surface area contributed by atoms with Crippen molar-refractivity contribution in [1.29, 1.82) is 0 Å². The van der Waals surface area contributed by atoms with Crippen molar-refractivity contribution in [2.24, 2.45) is 5.73 Å². The molecule has 3 N–H and O–H groups in total. The van der Waals surface area contributed by atoms with E-state index in [4.69, 9.17) is 5.73 Å². The van der Waals surface area contributed by atoms with E-state index in [1.54, 1.807) is 6.07 Å². The largest absolute Gasteiger partial charge is 0.471 e. The van der Waals surface area contributed by atoms with Gasteiger partial charge in [0.05, 0.1) is 17.4 Å². The first-order valence-corrected chi connectivity index (χ1v) is 8.88. The second-order valence-electron chi connectivity index (χ2n) is 6.67. The van der Waals surface area contributed by atoms with E-state index < -0.39 is 41.3 Å². The number of pyridine rings is 1. The first-order chi connectivity index (χ1) is 14.5. The van der Waals surface area contributed by atoms with Crippen LogP contribution >= 0.6 is 0 Å². The molecule has 1 amide bonds. The summed E-state index contributed by atoms with van der Waals surface area (Å²) in [4.78, 5) is 15.3. The highest BCUT2D eigenvalue weighted by Gasteiger charge is 2.39. The van der Waals surface area contributed by atoms with E-state index in [0.29, 0.717) is 5.56 Å². The molecule has 0 aliphatic heterocycles. The van der Waals surface area contributed by atoms with E-state index in [1.165, 1.54) is 23.6 Å². The predicted molar refractivity (Wildman–Crippen MR) is 101 cm³/mol. The van der Waals surface area contributed by atoms with Crippen molar-refractivity contribution >= 4 is 11.6 Å². The monoisotopic (exact) mass is 439 g/mol. The van der Waals surface area contributed by atoms with E-state index in [2.05, 4.69) is 4.98 Å². The molecule has 31 heavy (non-hydrogen) atoms. The van der Waals surface area contributed by atoms with Gasteiger partial charge in [-0.25, -0.2) is 13.2 Å². The Hall–Kier alpha value is -3.40. The number of nitrogens with zero attached hydrogens (tertiary/aromatic N) is 1. The van der Waals surface area contributed by atoms with E-state index >= 15 is 0 Å². The van der Waals surface area contributed by atoms with Crippen LogP contribution in [0.4, 0.5) is 32.0 Å². The van der Waals surface area contributed by atoms with Crippen LogP contribution in [0.3, 0.4) is 0 Å². The number of nitrogens with one attached hydrogen (secondary N) is 1. The molecule has 10 heteroatoms. The number of halogens is 6. The Balaban J connectivity index is 1.94. The summed E-state index contributed by atoms with van der Waals surface area (Å²) in [6.07, 6.45) is -3.76. The lowest BCUT2D eigenvalue weighted by molar-refractivity contribution is -0.167. The van der Waals surface area contributed by atoms with Gasteiger partial charge in [0, 0.05) is 17.8 Å². The zero-order chi connectivity index (χ0) is 22.8. The molecule has 0 saturated heterocycles. The Morgan fingerprint density at radius 3 is 2.35 bits per heavy atom. The minimum absolute atomic E-state index is 0.0115. The number of benzene rings is 2. The van der Waals surface area contributed by atoms with Crippen LogP contribution in [0.15, 0.2) is 54.7 Å². The van der Waals surface area contributed by atoms with Gasteiger partial charge in [0.2, 0.25) is 0 Å². The average Bonchev–Trinajstić information content (AvgIpc) is 2.68. The second kappa shape index (κ2) is 8.76. The maximum Gasteiger partial charge on any atom is 0.471 e. The number of rotatable bonds is 5.